The molecule has 70 valence electrons. The van der Waals surface area contributed by atoms with Crippen LogP contribution in [0.25, 0.3) is 5.65 Å². The van der Waals surface area contributed by atoms with E-state index in [1.165, 1.54) is 10.7 Å². The molecule has 2 aromatic heterocycles. The van der Waals surface area contributed by atoms with Gasteiger partial charge in [-0.25, -0.2) is 9.50 Å². The molecule has 0 aliphatic heterocycles. The third kappa shape index (κ3) is 1.43. The van der Waals surface area contributed by atoms with Crippen LogP contribution in [0.15, 0.2) is 23.5 Å². The molecule has 0 radical (unpaired) electrons. The highest BCUT2D eigenvalue weighted by Gasteiger charge is 2.10. The Kier molecular flexibility index (Phi) is 2.11. The number of rotatable bonds is 1. The second-order valence-electron chi connectivity index (χ2n) is 2.69. The molecule has 0 aromatic carbocycles. The molecule has 0 saturated heterocycles. The molecule has 6 heteroatoms. The van der Waals surface area contributed by atoms with E-state index < -0.39 is 11.2 Å². The molecule has 5 nitrogen and oxygen atoms in total. The Balaban J connectivity index is 2.61. The molecule has 0 N–H and O–H groups in total. The monoisotopic (exact) mass is 206 g/mol. The summed E-state index contributed by atoms with van der Waals surface area (Å²) in [6, 6.07) is 3.59. The molecule has 2 heterocycles. The highest BCUT2D eigenvalue weighted by molar-refractivity contribution is 7.90. The van der Waals surface area contributed by atoms with Gasteiger partial charge in [0, 0.05) is 17.4 Å². The molecule has 1 unspecified atom stereocenters. The van der Waals surface area contributed by atoms with Crippen molar-refractivity contribution >= 4 is 16.8 Å². The van der Waals surface area contributed by atoms with Gasteiger partial charge < -0.3 is 4.55 Å². The van der Waals surface area contributed by atoms with Crippen molar-refractivity contribution in [2.24, 2.45) is 0 Å². The fourth-order valence-electron chi connectivity index (χ4n) is 1.05. The zero-order valence-electron chi connectivity index (χ0n) is 7.34. The van der Waals surface area contributed by atoms with Crippen molar-refractivity contribution in [2.45, 2.75) is 5.03 Å². The average molecular weight is 206 g/mol. The number of nitriles is 1. The van der Waals surface area contributed by atoms with E-state index in [2.05, 4.69) is 10.1 Å². The number of fused-ring (bicyclic) bond motifs is 1. The Morgan fingerprint density at radius 2 is 2.43 bits per heavy atom. The highest BCUT2D eigenvalue weighted by atomic mass is 32.2. The maximum atomic E-state index is 11.1. The van der Waals surface area contributed by atoms with Gasteiger partial charge in [0.1, 0.15) is 12.3 Å². The Hall–Kier alpha value is -1.58. The number of aromatic nitrogens is 3. The zero-order chi connectivity index (χ0) is 10.1. The van der Waals surface area contributed by atoms with Crippen LogP contribution in [-0.4, -0.2) is 25.4 Å². The molecule has 0 amide bonds. The van der Waals surface area contributed by atoms with Crippen molar-refractivity contribution in [1.29, 1.82) is 5.26 Å². The van der Waals surface area contributed by atoms with Crippen molar-refractivity contribution in [1.82, 2.24) is 14.6 Å². The summed E-state index contributed by atoms with van der Waals surface area (Å²) in [5.41, 5.74) is 1.02. The molecular formula is C8H6N4OS. The lowest BCUT2D eigenvalue weighted by Crippen LogP contribution is -1.98. The van der Waals surface area contributed by atoms with Crippen LogP contribution in [0.5, 0.6) is 0 Å². The summed E-state index contributed by atoms with van der Waals surface area (Å²) in [7, 11) is 0. The van der Waals surface area contributed by atoms with Crippen molar-refractivity contribution < 1.29 is 4.55 Å². The van der Waals surface area contributed by atoms with Crippen LogP contribution in [-0.2, 0) is 11.2 Å². The minimum Gasteiger partial charge on any atom is -0.610 e. The summed E-state index contributed by atoms with van der Waals surface area (Å²) in [5, 5.41) is 13.1. The predicted octanol–water partition coefficient (Wildman–Crippen LogP) is 0.338. The minimum absolute atomic E-state index is 0.425. The molecule has 0 saturated carbocycles. The first-order valence-electron chi connectivity index (χ1n) is 3.79. The van der Waals surface area contributed by atoms with Gasteiger partial charge in [-0.15, -0.1) is 5.10 Å². The molecular weight excluding hydrogens is 200 g/mol. The topological polar surface area (TPSA) is 77.0 Å². The van der Waals surface area contributed by atoms with Crippen LogP contribution in [0.1, 0.15) is 5.56 Å². The van der Waals surface area contributed by atoms with Gasteiger partial charge in [0.05, 0.1) is 17.8 Å². The van der Waals surface area contributed by atoms with Crippen molar-refractivity contribution in [3.63, 3.8) is 0 Å². The first kappa shape index (κ1) is 8.99. The van der Waals surface area contributed by atoms with Gasteiger partial charge in [0.2, 0.25) is 0 Å². The van der Waals surface area contributed by atoms with Crippen molar-refractivity contribution in [3.8, 4) is 6.07 Å². The predicted molar refractivity (Wildman–Crippen MR) is 50.0 cm³/mol. The molecule has 2 rings (SSSR count). The normalized spacial score (nSPS) is 12.6. The molecule has 0 spiro atoms. The van der Waals surface area contributed by atoms with E-state index in [0.717, 1.165) is 0 Å². The summed E-state index contributed by atoms with van der Waals surface area (Å²) < 4.78 is 12.6. The smallest absolute Gasteiger partial charge is 0.265 e. The minimum atomic E-state index is -1.13. The van der Waals surface area contributed by atoms with Gasteiger partial charge in [-0.2, -0.15) is 5.26 Å². The number of hydrogen-bond donors (Lipinski definition) is 0. The fourth-order valence-corrected chi connectivity index (χ4v) is 1.53. The zero-order valence-corrected chi connectivity index (χ0v) is 8.15. The lowest BCUT2D eigenvalue weighted by Gasteiger charge is -1.95. The van der Waals surface area contributed by atoms with E-state index >= 15 is 0 Å². The number of nitrogens with zero attached hydrogens (tertiary/aromatic N) is 4. The SMILES string of the molecule is C[S+]([O-])c1cc2ncc(C#N)cn2n1. The van der Waals surface area contributed by atoms with Gasteiger partial charge in [-0.3, -0.25) is 0 Å². The van der Waals surface area contributed by atoms with E-state index in [0.29, 0.717) is 16.2 Å². The fraction of sp³-hybridized carbons (Fsp3) is 0.125. The van der Waals surface area contributed by atoms with Crippen molar-refractivity contribution in [3.05, 3.63) is 24.0 Å². The van der Waals surface area contributed by atoms with Crippen LogP contribution >= 0.6 is 0 Å². The van der Waals surface area contributed by atoms with E-state index in [9.17, 15) is 4.55 Å². The molecule has 1 atom stereocenters. The van der Waals surface area contributed by atoms with Gasteiger partial charge in [-0.05, 0) is 0 Å². The average Bonchev–Trinajstić information content (AvgIpc) is 2.59. The van der Waals surface area contributed by atoms with Gasteiger partial charge >= 0.3 is 0 Å². The quantitative estimate of drug-likeness (QED) is 0.630. The summed E-state index contributed by atoms with van der Waals surface area (Å²) in [6.07, 6.45) is 4.56. The van der Waals surface area contributed by atoms with Gasteiger partial charge in [-0.1, -0.05) is 0 Å². The number of hydrogen-bond acceptors (Lipinski definition) is 4. The van der Waals surface area contributed by atoms with Crippen LogP contribution < -0.4 is 0 Å². The lowest BCUT2D eigenvalue weighted by molar-refractivity contribution is 0.596. The van der Waals surface area contributed by atoms with Crippen LogP contribution in [0.3, 0.4) is 0 Å². The Morgan fingerprint density at radius 1 is 1.64 bits per heavy atom. The summed E-state index contributed by atoms with van der Waals surface area (Å²) >= 11 is -1.13. The summed E-state index contributed by atoms with van der Waals surface area (Å²) in [4.78, 5) is 4.00. The second kappa shape index (κ2) is 3.29. The standard InChI is InChI=1S/C8H6N4OS/c1-14(13)8-2-7-10-4-6(3-9)5-12(7)11-8/h2,4-5H,1H3. The molecule has 0 aliphatic rings. The molecule has 0 fully saturated rings. The maximum absolute atomic E-state index is 11.1. The maximum Gasteiger partial charge on any atom is 0.265 e. The largest absolute Gasteiger partial charge is 0.610 e. The first-order valence-corrected chi connectivity index (χ1v) is 5.35. The Bertz CT molecular complexity index is 514. The molecule has 2 aromatic rings. The molecule has 0 aliphatic carbocycles. The van der Waals surface area contributed by atoms with E-state index in [-0.39, 0.29) is 0 Å². The molecule has 0 bridgehead atoms. The van der Waals surface area contributed by atoms with Crippen LogP contribution in [0.4, 0.5) is 0 Å². The third-order valence-electron chi connectivity index (χ3n) is 1.71. The van der Waals surface area contributed by atoms with E-state index in [1.807, 2.05) is 6.07 Å². The van der Waals surface area contributed by atoms with E-state index in [4.69, 9.17) is 5.26 Å². The summed E-state index contributed by atoms with van der Waals surface area (Å²) in [5.74, 6) is 0. The van der Waals surface area contributed by atoms with Crippen molar-refractivity contribution in [2.75, 3.05) is 6.26 Å². The lowest BCUT2D eigenvalue weighted by atomic mass is 10.4. The molecule has 14 heavy (non-hydrogen) atoms. The van der Waals surface area contributed by atoms with Gasteiger partial charge in [0.25, 0.3) is 5.03 Å². The third-order valence-corrected chi connectivity index (χ3v) is 2.50. The van der Waals surface area contributed by atoms with Gasteiger partial charge in [0.15, 0.2) is 5.65 Å². The highest BCUT2D eigenvalue weighted by Crippen LogP contribution is 2.09. The van der Waals surface area contributed by atoms with Crippen LogP contribution in [0, 0.1) is 11.3 Å². The van der Waals surface area contributed by atoms with Crippen LogP contribution in [0.2, 0.25) is 0 Å². The Morgan fingerprint density at radius 3 is 3.07 bits per heavy atom. The Labute approximate surface area is 83.2 Å². The summed E-state index contributed by atoms with van der Waals surface area (Å²) in [6.45, 7) is 0. The van der Waals surface area contributed by atoms with E-state index in [1.54, 1.807) is 18.5 Å². The second-order valence-corrected chi connectivity index (χ2v) is 4.02. The first-order chi connectivity index (χ1) is 6.70.